The topological polar surface area (TPSA) is 0 Å². The Hall–Kier alpha value is -0.0700. The van der Waals surface area contributed by atoms with Crippen LogP contribution < -0.4 is 0 Å². The summed E-state index contributed by atoms with van der Waals surface area (Å²) in [6.45, 7) is 4.36. The van der Waals surface area contributed by atoms with Gasteiger partial charge in [0, 0.05) is 0 Å². The number of halogens is 1. The average Bonchev–Trinajstić information content (AvgIpc) is 1.99. The number of alkyl halides is 1. The lowest BCUT2D eigenvalue weighted by molar-refractivity contribution is 0.0215. The second-order valence-electron chi connectivity index (χ2n) is 5.10. The molecule has 0 aromatic heterocycles. The van der Waals surface area contributed by atoms with Crippen LogP contribution in [0.4, 0.5) is 4.39 Å². The van der Waals surface area contributed by atoms with E-state index in [1.165, 1.54) is 12.8 Å². The molecule has 2 bridgehead atoms. The lowest BCUT2D eigenvalue weighted by atomic mass is 9.64. The third-order valence-corrected chi connectivity index (χ3v) is 3.78. The normalized spacial score (nSPS) is 53.8. The third-order valence-electron chi connectivity index (χ3n) is 3.78. The smallest absolute Gasteiger partial charge is 0.105 e. The minimum atomic E-state index is -0.496. The van der Waals surface area contributed by atoms with Crippen LogP contribution >= 0.6 is 0 Å². The Morgan fingerprint density at radius 2 is 1.75 bits per heavy atom. The zero-order chi connectivity index (χ0) is 8.72. The number of fused-ring (bicyclic) bond motifs is 2. The van der Waals surface area contributed by atoms with Gasteiger partial charge >= 0.3 is 0 Å². The van der Waals surface area contributed by atoms with Gasteiger partial charge in [0.1, 0.15) is 6.17 Å². The van der Waals surface area contributed by atoms with Gasteiger partial charge in [-0.15, -0.1) is 0 Å². The summed E-state index contributed by atoms with van der Waals surface area (Å²) in [6, 6.07) is 0. The first-order valence-corrected chi connectivity index (χ1v) is 5.31. The van der Waals surface area contributed by atoms with Crippen molar-refractivity contribution in [1.29, 1.82) is 0 Å². The van der Waals surface area contributed by atoms with Gasteiger partial charge in [0.15, 0.2) is 0 Å². The quantitative estimate of drug-likeness (QED) is 0.522. The summed E-state index contributed by atoms with van der Waals surface area (Å²) in [7, 11) is 0. The van der Waals surface area contributed by atoms with Gasteiger partial charge in [-0.05, 0) is 49.4 Å². The van der Waals surface area contributed by atoms with E-state index in [9.17, 15) is 4.39 Å². The van der Waals surface area contributed by atoms with E-state index in [2.05, 4.69) is 13.8 Å². The molecule has 12 heavy (non-hydrogen) atoms. The molecule has 2 saturated carbocycles. The fourth-order valence-corrected chi connectivity index (χ4v) is 3.38. The lowest BCUT2D eigenvalue weighted by Gasteiger charge is -2.42. The minimum Gasteiger partial charge on any atom is -0.247 e. The van der Waals surface area contributed by atoms with Gasteiger partial charge in [-0.2, -0.15) is 0 Å². The van der Waals surface area contributed by atoms with Crippen LogP contribution in [-0.2, 0) is 0 Å². The largest absolute Gasteiger partial charge is 0.247 e. The van der Waals surface area contributed by atoms with Crippen LogP contribution in [0.15, 0.2) is 0 Å². The Kier molecular flexibility index (Phi) is 2.14. The minimum absolute atomic E-state index is 0.334. The molecule has 0 nitrogen and oxygen atoms in total. The number of hydrogen-bond acceptors (Lipinski definition) is 0. The highest BCUT2D eigenvalue weighted by Crippen LogP contribution is 2.45. The molecule has 2 aliphatic carbocycles. The van der Waals surface area contributed by atoms with Gasteiger partial charge in [-0.25, -0.2) is 4.39 Å². The van der Waals surface area contributed by atoms with Crippen molar-refractivity contribution in [3.8, 4) is 0 Å². The van der Waals surface area contributed by atoms with Gasteiger partial charge in [0.25, 0.3) is 0 Å². The Morgan fingerprint density at radius 3 is 2.50 bits per heavy atom. The monoisotopic (exact) mass is 170 g/mol. The van der Waals surface area contributed by atoms with Crippen LogP contribution in [0.2, 0.25) is 0 Å². The highest BCUT2D eigenvalue weighted by molar-refractivity contribution is 4.89. The predicted octanol–water partition coefficient (Wildman–Crippen LogP) is 3.42. The van der Waals surface area contributed by atoms with E-state index in [1.807, 2.05) is 0 Å². The number of rotatable bonds is 0. The molecule has 0 aliphatic heterocycles. The van der Waals surface area contributed by atoms with Crippen LogP contribution in [0.5, 0.6) is 0 Å². The summed E-state index contributed by atoms with van der Waals surface area (Å²) >= 11 is 0. The molecule has 0 spiro atoms. The highest BCUT2D eigenvalue weighted by atomic mass is 19.1. The van der Waals surface area contributed by atoms with E-state index in [-0.39, 0.29) is 0 Å². The Balaban J connectivity index is 2.07. The van der Waals surface area contributed by atoms with Crippen molar-refractivity contribution in [3.63, 3.8) is 0 Å². The van der Waals surface area contributed by atoms with Crippen molar-refractivity contribution in [2.75, 3.05) is 0 Å². The average molecular weight is 170 g/mol. The molecule has 0 aromatic rings. The van der Waals surface area contributed by atoms with E-state index < -0.39 is 6.17 Å². The van der Waals surface area contributed by atoms with E-state index in [0.717, 1.165) is 24.7 Å². The molecule has 0 radical (unpaired) electrons. The molecule has 70 valence electrons. The Bertz CT molecular complexity index is 162. The second-order valence-corrected chi connectivity index (χ2v) is 5.10. The zero-order valence-corrected chi connectivity index (χ0v) is 8.09. The molecule has 5 atom stereocenters. The maximum Gasteiger partial charge on any atom is 0.105 e. The summed E-state index contributed by atoms with van der Waals surface area (Å²) < 4.78 is 13.6. The molecule has 0 aromatic carbocycles. The zero-order valence-electron chi connectivity index (χ0n) is 8.09. The standard InChI is InChI=1S/C11H19F/c1-7-3-9-5-8(2)11(12)10(4-7)6-9/h7-11H,3-6H2,1-2H3. The molecule has 2 aliphatic rings. The molecule has 5 unspecified atom stereocenters. The molecule has 0 heterocycles. The van der Waals surface area contributed by atoms with Gasteiger partial charge in [0.2, 0.25) is 0 Å². The van der Waals surface area contributed by atoms with Crippen molar-refractivity contribution < 1.29 is 4.39 Å². The summed E-state index contributed by atoms with van der Waals surface area (Å²) in [5.74, 6) is 2.36. The van der Waals surface area contributed by atoms with Crippen LogP contribution in [0.3, 0.4) is 0 Å². The maximum atomic E-state index is 13.6. The van der Waals surface area contributed by atoms with Gasteiger partial charge in [-0.1, -0.05) is 13.8 Å². The molecular weight excluding hydrogens is 151 g/mol. The van der Waals surface area contributed by atoms with Gasteiger partial charge in [-0.3, -0.25) is 0 Å². The van der Waals surface area contributed by atoms with Crippen molar-refractivity contribution >= 4 is 0 Å². The fourth-order valence-electron chi connectivity index (χ4n) is 3.38. The lowest BCUT2D eigenvalue weighted by Crippen LogP contribution is -2.38. The van der Waals surface area contributed by atoms with Crippen LogP contribution in [0.1, 0.15) is 39.5 Å². The van der Waals surface area contributed by atoms with E-state index >= 15 is 0 Å². The summed E-state index contributed by atoms with van der Waals surface area (Å²) in [6.07, 6.45) is 4.32. The SMILES string of the molecule is CC1CC2CC(C)C(F)C(C1)C2. The van der Waals surface area contributed by atoms with Crippen LogP contribution in [0, 0.1) is 23.7 Å². The van der Waals surface area contributed by atoms with E-state index in [1.54, 1.807) is 0 Å². The first-order valence-electron chi connectivity index (χ1n) is 5.31. The van der Waals surface area contributed by atoms with E-state index in [0.29, 0.717) is 11.8 Å². The molecule has 1 heteroatoms. The van der Waals surface area contributed by atoms with Crippen molar-refractivity contribution in [3.05, 3.63) is 0 Å². The first-order chi connectivity index (χ1) is 5.66. The molecular formula is C11H19F. The van der Waals surface area contributed by atoms with Crippen molar-refractivity contribution in [2.45, 2.75) is 45.7 Å². The highest BCUT2D eigenvalue weighted by Gasteiger charge is 2.39. The molecule has 0 saturated heterocycles. The van der Waals surface area contributed by atoms with Crippen LogP contribution in [-0.4, -0.2) is 6.17 Å². The predicted molar refractivity (Wildman–Crippen MR) is 48.7 cm³/mol. The first kappa shape index (κ1) is 8.52. The summed E-state index contributed by atoms with van der Waals surface area (Å²) in [5.41, 5.74) is 0. The summed E-state index contributed by atoms with van der Waals surface area (Å²) in [5, 5.41) is 0. The summed E-state index contributed by atoms with van der Waals surface area (Å²) in [4.78, 5) is 0. The molecule has 2 rings (SSSR count). The van der Waals surface area contributed by atoms with Crippen LogP contribution in [0.25, 0.3) is 0 Å². The van der Waals surface area contributed by atoms with E-state index in [4.69, 9.17) is 0 Å². The second kappa shape index (κ2) is 3.01. The van der Waals surface area contributed by atoms with Crippen molar-refractivity contribution in [2.24, 2.45) is 23.7 Å². The third kappa shape index (κ3) is 1.38. The molecule has 2 fully saturated rings. The van der Waals surface area contributed by atoms with Crippen molar-refractivity contribution in [1.82, 2.24) is 0 Å². The Labute approximate surface area is 74.5 Å². The van der Waals surface area contributed by atoms with Gasteiger partial charge < -0.3 is 0 Å². The molecule has 0 amide bonds. The number of hydrogen-bond donors (Lipinski definition) is 0. The maximum absolute atomic E-state index is 13.6. The molecule has 0 N–H and O–H groups in total. The van der Waals surface area contributed by atoms with Gasteiger partial charge in [0.05, 0.1) is 0 Å². The Morgan fingerprint density at radius 1 is 1.00 bits per heavy atom. The fraction of sp³-hybridized carbons (Fsp3) is 1.00.